The topological polar surface area (TPSA) is 57.5 Å². The van der Waals surface area contributed by atoms with Gasteiger partial charge in [0.25, 0.3) is 0 Å². The van der Waals surface area contributed by atoms with Gasteiger partial charge in [0.1, 0.15) is 0 Å². The van der Waals surface area contributed by atoms with Crippen LogP contribution in [0.15, 0.2) is 17.5 Å². The SMILES string of the molecule is CC(C(=O)O)C(O)(c1cccs1)C(F)(F)F. The molecule has 1 rings (SSSR count). The lowest BCUT2D eigenvalue weighted by molar-refractivity contribution is -0.282. The van der Waals surface area contributed by atoms with Crippen LogP contribution >= 0.6 is 11.3 Å². The molecule has 7 heteroatoms. The fourth-order valence-corrected chi connectivity index (χ4v) is 2.21. The first kappa shape index (κ1) is 13.0. The van der Waals surface area contributed by atoms with E-state index in [1.165, 1.54) is 11.4 Å². The second kappa shape index (κ2) is 4.06. The quantitative estimate of drug-likeness (QED) is 0.869. The van der Waals surface area contributed by atoms with E-state index in [1.807, 2.05) is 0 Å². The number of hydrogen-bond donors (Lipinski definition) is 2. The molecular weight excluding hydrogens is 245 g/mol. The molecule has 90 valence electrons. The fourth-order valence-electron chi connectivity index (χ4n) is 1.27. The highest BCUT2D eigenvalue weighted by atomic mass is 32.1. The summed E-state index contributed by atoms with van der Waals surface area (Å²) < 4.78 is 38.3. The second-order valence-electron chi connectivity index (χ2n) is 3.30. The number of hydrogen-bond acceptors (Lipinski definition) is 3. The molecule has 0 aliphatic rings. The van der Waals surface area contributed by atoms with E-state index in [1.54, 1.807) is 0 Å². The predicted molar refractivity (Wildman–Crippen MR) is 51.1 cm³/mol. The van der Waals surface area contributed by atoms with Crippen molar-refractivity contribution in [2.24, 2.45) is 5.92 Å². The minimum atomic E-state index is -5.03. The van der Waals surface area contributed by atoms with Gasteiger partial charge in [-0.05, 0) is 18.4 Å². The van der Waals surface area contributed by atoms with Crippen LogP contribution in [-0.4, -0.2) is 22.4 Å². The summed E-state index contributed by atoms with van der Waals surface area (Å²) in [6.45, 7) is 0.829. The van der Waals surface area contributed by atoms with Gasteiger partial charge in [0.15, 0.2) is 0 Å². The minimum Gasteiger partial charge on any atom is -0.481 e. The van der Waals surface area contributed by atoms with Crippen molar-refractivity contribution in [3.8, 4) is 0 Å². The third kappa shape index (κ3) is 1.92. The summed E-state index contributed by atoms with van der Waals surface area (Å²) in [6.07, 6.45) is -5.03. The molecule has 0 spiro atoms. The average molecular weight is 254 g/mol. The Morgan fingerprint density at radius 2 is 2.06 bits per heavy atom. The number of halogens is 3. The summed E-state index contributed by atoms with van der Waals surface area (Å²) in [5.74, 6) is -3.67. The van der Waals surface area contributed by atoms with Crippen LogP contribution in [0.4, 0.5) is 13.2 Å². The van der Waals surface area contributed by atoms with Crippen molar-refractivity contribution < 1.29 is 28.2 Å². The van der Waals surface area contributed by atoms with Crippen LogP contribution in [-0.2, 0) is 10.4 Å². The molecule has 1 aromatic rings. The largest absolute Gasteiger partial charge is 0.481 e. The van der Waals surface area contributed by atoms with Crippen LogP contribution in [0.1, 0.15) is 11.8 Å². The van der Waals surface area contributed by atoms with Gasteiger partial charge in [-0.1, -0.05) is 6.07 Å². The summed E-state index contributed by atoms with van der Waals surface area (Å²) in [6, 6.07) is 2.39. The van der Waals surface area contributed by atoms with Crippen LogP contribution in [0.25, 0.3) is 0 Å². The molecule has 0 aliphatic carbocycles. The summed E-state index contributed by atoms with van der Waals surface area (Å²) >= 11 is 0.669. The number of aliphatic carboxylic acids is 1. The number of carbonyl (C=O) groups is 1. The Morgan fingerprint density at radius 3 is 2.38 bits per heavy atom. The zero-order valence-corrected chi connectivity index (χ0v) is 8.97. The van der Waals surface area contributed by atoms with E-state index in [4.69, 9.17) is 5.11 Å². The summed E-state index contributed by atoms with van der Waals surface area (Å²) in [4.78, 5) is 10.2. The maximum atomic E-state index is 12.8. The zero-order valence-electron chi connectivity index (χ0n) is 8.15. The lowest BCUT2D eigenvalue weighted by Crippen LogP contribution is -2.49. The number of carboxylic acids is 1. The fraction of sp³-hybridized carbons (Fsp3) is 0.444. The first-order valence-electron chi connectivity index (χ1n) is 4.27. The highest BCUT2D eigenvalue weighted by molar-refractivity contribution is 7.10. The molecular formula is C9H9F3O3S. The molecule has 0 saturated heterocycles. The number of rotatable bonds is 3. The van der Waals surface area contributed by atoms with Crippen molar-refractivity contribution in [2.75, 3.05) is 0 Å². The minimum absolute atomic E-state index is 0.421. The van der Waals surface area contributed by atoms with E-state index >= 15 is 0 Å². The number of aliphatic hydroxyl groups is 1. The van der Waals surface area contributed by atoms with Crippen LogP contribution < -0.4 is 0 Å². The van der Waals surface area contributed by atoms with E-state index in [0.29, 0.717) is 11.3 Å². The lowest BCUT2D eigenvalue weighted by Gasteiger charge is -2.32. The third-order valence-corrected chi connectivity index (χ3v) is 3.32. The van der Waals surface area contributed by atoms with E-state index in [2.05, 4.69) is 0 Å². The summed E-state index contributed by atoms with van der Waals surface area (Å²) in [7, 11) is 0. The Bertz CT molecular complexity index is 374. The molecule has 3 nitrogen and oxygen atoms in total. The maximum absolute atomic E-state index is 12.8. The molecule has 0 fully saturated rings. The van der Waals surface area contributed by atoms with Crippen molar-refractivity contribution in [2.45, 2.75) is 18.7 Å². The van der Waals surface area contributed by atoms with Gasteiger partial charge in [-0.25, -0.2) is 0 Å². The standard InChI is InChI=1S/C9H9F3O3S/c1-5(7(13)14)8(15,9(10,11)12)6-3-2-4-16-6/h2-5,15H,1H3,(H,13,14). The van der Waals surface area contributed by atoms with Gasteiger partial charge < -0.3 is 10.2 Å². The van der Waals surface area contributed by atoms with Gasteiger partial charge in [-0.15, -0.1) is 11.3 Å². The molecule has 0 aromatic carbocycles. The molecule has 1 heterocycles. The van der Waals surface area contributed by atoms with Gasteiger partial charge in [-0.2, -0.15) is 13.2 Å². The highest BCUT2D eigenvalue weighted by Gasteiger charge is 2.61. The van der Waals surface area contributed by atoms with Gasteiger partial charge in [0.05, 0.1) is 5.92 Å². The number of carboxylic acid groups (broad SMARTS) is 1. The zero-order chi connectivity index (χ0) is 12.6. The lowest BCUT2D eigenvalue weighted by atomic mass is 9.86. The van der Waals surface area contributed by atoms with Gasteiger partial charge >= 0.3 is 12.1 Å². The van der Waals surface area contributed by atoms with Crippen molar-refractivity contribution in [3.63, 3.8) is 0 Å². The highest BCUT2D eigenvalue weighted by Crippen LogP contribution is 2.46. The van der Waals surface area contributed by atoms with Gasteiger partial charge in [0, 0.05) is 4.88 Å². The molecule has 1 aromatic heterocycles. The molecule has 0 bridgehead atoms. The van der Waals surface area contributed by atoms with E-state index in [0.717, 1.165) is 13.0 Å². The molecule has 0 radical (unpaired) electrons. The Morgan fingerprint density at radius 1 is 1.50 bits per heavy atom. The summed E-state index contributed by atoms with van der Waals surface area (Å²) in [5.41, 5.74) is -3.34. The molecule has 0 saturated carbocycles. The Hall–Kier alpha value is -1.08. The molecule has 16 heavy (non-hydrogen) atoms. The van der Waals surface area contributed by atoms with Gasteiger partial charge in [-0.3, -0.25) is 4.79 Å². The van der Waals surface area contributed by atoms with Crippen molar-refractivity contribution in [1.29, 1.82) is 0 Å². The smallest absolute Gasteiger partial charge is 0.423 e. The van der Waals surface area contributed by atoms with Crippen LogP contribution in [0.5, 0.6) is 0 Å². The van der Waals surface area contributed by atoms with E-state index < -0.39 is 28.5 Å². The maximum Gasteiger partial charge on any atom is 0.423 e. The van der Waals surface area contributed by atoms with Gasteiger partial charge in [0.2, 0.25) is 5.60 Å². The normalized spacial score (nSPS) is 17.8. The van der Waals surface area contributed by atoms with E-state index in [9.17, 15) is 23.1 Å². The molecule has 2 N–H and O–H groups in total. The number of thiophene rings is 1. The van der Waals surface area contributed by atoms with Crippen molar-refractivity contribution in [3.05, 3.63) is 22.4 Å². The van der Waals surface area contributed by atoms with E-state index in [-0.39, 0.29) is 0 Å². The first-order valence-corrected chi connectivity index (χ1v) is 5.15. The number of alkyl halides is 3. The van der Waals surface area contributed by atoms with Crippen LogP contribution in [0.3, 0.4) is 0 Å². The van der Waals surface area contributed by atoms with Crippen molar-refractivity contribution in [1.82, 2.24) is 0 Å². The summed E-state index contributed by atoms with van der Waals surface area (Å²) in [5, 5.41) is 19.6. The molecule has 0 aliphatic heterocycles. The molecule has 2 unspecified atom stereocenters. The Balaban J connectivity index is 3.29. The molecule has 2 atom stereocenters. The third-order valence-electron chi connectivity index (χ3n) is 2.33. The first-order chi connectivity index (χ1) is 7.21. The van der Waals surface area contributed by atoms with Crippen LogP contribution in [0.2, 0.25) is 0 Å². The van der Waals surface area contributed by atoms with Crippen molar-refractivity contribution >= 4 is 17.3 Å². The Kier molecular flexibility index (Phi) is 3.30. The molecule has 0 amide bonds. The predicted octanol–water partition coefficient (Wildman–Crippen LogP) is 2.22. The van der Waals surface area contributed by atoms with Crippen LogP contribution in [0, 0.1) is 5.92 Å². The Labute approximate surface area is 93.1 Å². The average Bonchev–Trinajstić information content (AvgIpc) is 2.66. The monoisotopic (exact) mass is 254 g/mol. The second-order valence-corrected chi connectivity index (χ2v) is 4.25.